The molecule has 2 saturated heterocycles. The van der Waals surface area contributed by atoms with E-state index in [0.29, 0.717) is 26.1 Å². The molecular weight excluding hydrogens is 254 g/mol. The van der Waals surface area contributed by atoms with Gasteiger partial charge >= 0.3 is 0 Å². The molecule has 2 heterocycles. The van der Waals surface area contributed by atoms with Crippen molar-refractivity contribution in [3.8, 4) is 0 Å². The zero-order valence-electron chi connectivity index (χ0n) is 10.6. The molecule has 0 aromatic rings. The lowest BCUT2D eigenvalue weighted by atomic mass is 9.83. The van der Waals surface area contributed by atoms with E-state index in [1.165, 1.54) is 0 Å². The first-order valence-corrected chi connectivity index (χ1v) is 8.34. The van der Waals surface area contributed by atoms with Gasteiger partial charge in [0.1, 0.15) is 6.29 Å². The van der Waals surface area contributed by atoms with Crippen LogP contribution in [-0.2, 0) is 19.4 Å². The number of nitrogens with zero attached hydrogens (tertiary/aromatic N) is 1. The van der Waals surface area contributed by atoms with Gasteiger partial charge in [-0.25, -0.2) is 8.42 Å². The zero-order valence-corrected chi connectivity index (χ0v) is 11.5. The third kappa shape index (κ3) is 3.52. The topological polar surface area (TPSA) is 63.7 Å². The number of sulfone groups is 1. The standard InChI is InChI=1S/C12H21NO4S/c14-10-12(3-1-6-17-11-12)9-13-4-2-7-18(15,16)8-5-13/h10H,1-9,11H2. The lowest BCUT2D eigenvalue weighted by Crippen LogP contribution is -2.45. The fourth-order valence-corrected chi connectivity index (χ4v) is 4.03. The van der Waals surface area contributed by atoms with Crippen LogP contribution in [0.4, 0.5) is 0 Å². The minimum Gasteiger partial charge on any atom is -0.380 e. The van der Waals surface area contributed by atoms with Crippen LogP contribution in [0.3, 0.4) is 0 Å². The van der Waals surface area contributed by atoms with Crippen molar-refractivity contribution in [2.24, 2.45) is 5.41 Å². The Balaban J connectivity index is 1.97. The summed E-state index contributed by atoms with van der Waals surface area (Å²) in [5.74, 6) is 0.483. The predicted molar refractivity (Wildman–Crippen MR) is 68.3 cm³/mol. The summed E-state index contributed by atoms with van der Waals surface area (Å²) in [5.41, 5.74) is -0.424. The fraction of sp³-hybridized carbons (Fsp3) is 0.917. The maximum Gasteiger partial charge on any atom is 0.151 e. The summed E-state index contributed by atoms with van der Waals surface area (Å²) in [6.07, 6.45) is 3.42. The second kappa shape index (κ2) is 5.67. The summed E-state index contributed by atoms with van der Waals surface area (Å²) in [5, 5.41) is 0. The summed E-state index contributed by atoms with van der Waals surface area (Å²) < 4.78 is 28.5. The second-order valence-corrected chi connectivity index (χ2v) is 7.72. The fourth-order valence-electron chi connectivity index (χ4n) is 2.72. The Hall–Kier alpha value is -0.460. The molecule has 0 spiro atoms. The van der Waals surface area contributed by atoms with Gasteiger partial charge in [-0.3, -0.25) is 0 Å². The first-order chi connectivity index (χ1) is 8.55. The number of ether oxygens (including phenoxy) is 1. The highest BCUT2D eigenvalue weighted by Crippen LogP contribution is 2.28. The molecule has 2 rings (SSSR count). The molecule has 0 aromatic heterocycles. The molecular formula is C12H21NO4S. The van der Waals surface area contributed by atoms with Crippen LogP contribution in [0.15, 0.2) is 0 Å². The van der Waals surface area contributed by atoms with Gasteiger partial charge in [-0.15, -0.1) is 0 Å². The largest absolute Gasteiger partial charge is 0.380 e. The average Bonchev–Trinajstić information content (AvgIpc) is 2.52. The Bertz CT molecular complexity index is 387. The van der Waals surface area contributed by atoms with E-state index >= 15 is 0 Å². The van der Waals surface area contributed by atoms with Crippen molar-refractivity contribution in [2.45, 2.75) is 19.3 Å². The average molecular weight is 275 g/mol. The van der Waals surface area contributed by atoms with Crippen molar-refractivity contribution >= 4 is 16.1 Å². The Morgan fingerprint density at radius 3 is 2.72 bits per heavy atom. The lowest BCUT2D eigenvalue weighted by molar-refractivity contribution is -0.125. The Kier molecular flexibility index (Phi) is 4.40. The summed E-state index contributed by atoms with van der Waals surface area (Å²) in [7, 11) is -2.88. The maximum atomic E-state index is 11.5. The van der Waals surface area contributed by atoms with Crippen molar-refractivity contribution in [3.05, 3.63) is 0 Å². The SMILES string of the molecule is O=CC1(CN2CCCS(=O)(=O)CC2)CCCOC1. The van der Waals surface area contributed by atoms with Crippen molar-refractivity contribution < 1.29 is 17.9 Å². The van der Waals surface area contributed by atoms with Crippen molar-refractivity contribution in [2.75, 3.05) is 44.4 Å². The molecule has 2 fully saturated rings. The zero-order chi connectivity index (χ0) is 13.1. The highest BCUT2D eigenvalue weighted by molar-refractivity contribution is 7.91. The van der Waals surface area contributed by atoms with Gasteiger partial charge in [-0.1, -0.05) is 0 Å². The summed E-state index contributed by atoms with van der Waals surface area (Å²) in [6.45, 7) is 3.13. The van der Waals surface area contributed by atoms with E-state index in [-0.39, 0.29) is 11.5 Å². The third-order valence-electron chi connectivity index (χ3n) is 3.79. The highest BCUT2D eigenvalue weighted by Gasteiger charge is 2.35. The van der Waals surface area contributed by atoms with Crippen LogP contribution in [0.2, 0.25) is 0 Å². The third-order valence-corrected chi connectivity index (χ3v) is 5.50. The second-order valence-electron chi connectivity index (χ2n) is 5.42. The smallest absolute Gasteiger partial charge is 0.151 e. The molecule has 0 N–H and O–H groups in total. The van der Waals surface area contributed by atoms with Crippen LogP contribution in [-0.4, -0.2) is 64.0 Å². The maximum absolute atomic E-state index is 11.5. The van der Waals surface area contributed by atoms with Crippen LogP contribution in [0.1, 0.15) is 19.3 Å². The number of hydrogen-bond acceptors (Lipinski definition) is 5. The van der Waals surface area contributed by atoms with Gasteiger partial charge in [-0.2, -0.15) is 0 Å². The van der Waals surface area contributed by atoms with Gasteiger partial charge in [0, 0.05) is 19.7 Å². The summed E-state index contributed by atoms with van der Waals surface area (Å²) >= 11 is 0. The minimum absolute atomic E-state index is 0.211. The van der Waals surface area contributed by atoms with Gasteiger partial charge in [0.05, 0.1) is 23.5 Å². The Morgan fingerprint density at radius 2 is 2.06 bits per heavy atom. The first-order valence-electron chi connectivity index (χ1n) is 6.52. The van der Waals surface area contributed by atoms with Crippen molar-refractivity contribution in [3.63, 3.8) is 0 Å². The van der Waals surface area contributed by atoms with Crippen LogP contribution in [0.5, 0.6) is 0 Å². The van der Waals surface area contributed by atoms with E-state index in [0.717, 1.165) is 32.3 Å². The number of hydrogen-bond donors (Lipinski definition) is 0. The molecule has 0 aromatic carbocycles. The number of rotatable bonds is 3. The highest BCUT2D eigenvalue weighted by atomic mass is 32.2. The van der Waals surface area contributed by atoms with E-state index in [4.69, 9.17) is 4.74 Å². The molecule has 2 aliphatic rings. The number of carbonyl (C=O) groups is 1. The number of aldehydes is 1. The normalized spacial score (nSPS) is 33.8. The van der Waals surface area contributed by atoms with Gasteiger partial charge in [0.2, 0.25) is 0 Å². The molecule has 2 aliphatic heterocycles. The molecule has 0 saturated carbocycles. The van der Waals surface area contributed by atoms with Crippen molar-refractivity contribution in [1.29, 1.82) is 0 Å². The van der Waals surface area contributed by atoms with Gasteiger partial charge in [-0.05, 0) is 25.8 Å². The molecule has 0 radical (unpaired) electrons. The Labute approximate surface area is 108 Å². The predicted octanol–water partition coefficient (Wildman–Crippen LogP) is 0.103. The van der Waals surface area contributed by atoms with Crippen LogP contribution in [0, 0.1) is 5.41 Å². The molecule has 18 heavy (non-hydrogen) atoms. The van der Waals surface area contributed by atoms with Gasteiger partial charge in [0.25, 0.3) is 0 Å². The van der Waals surface area contributed by atoms with Gasteiger partial charge in [0.15, 0.2) is 9.84 Å². The minimum atomic E-state index is -2.88. The van der Waals surface area contributed by atoms with Gasteiger partial charge < -0.3 is 14.4 Å². The molecule has 0 aliphatic carbocycles. The molecule has 1 unspecified atom stereocenters. The van der Waals surface area contributed by atoms with Crippen LogP contribution >= 0.6 is 0 Å². The van der Waals surface area contributed by atoms with E-state index in [1.807, 2.05) is 0 Å². The molecule has 6 heteroatoms. The van der Waals surface area contributed by atoms with Crippen LogP contribution < -0.4 is 0 Å². The molecule has 104 valence electrons. The monoisotopic (exact) mass is 275 g/mol. The number of carbonyl (C=O) groups excluding carboxylic acids is 1. The molecule has 1 atom stereocenters. The molecule has 5 nitrogen and oxygen atoms in total. The first kappa shape index (κ1) is 14.0. The summed E-state index contributed by atoms with van der Waals surface area (Å²) in [6, 6.07) is 0. The van der Waals surface area contributed by atoms with E-state index in [1.54, 1.807) is 0 Å². The molecule has 0 amide bonds. The van der Waals surface area contributed by atoms with E-state index in [2.05, 4.69) is 4.90 Å². The quantitative estimate of drug-likeness (QED) is 0.684. The Morgan fingerprint density at radius 1 is 1.22 bits per heavy atom. The lowest BCUT2D eigenvalue weighted by Gasteiger charge is -2.36. The van der Waals surface area contributed by atoms with Crippen molar-refractivity contribution in [1.82, 2.24) is 4.90 Å². The van der Waals surface area contributed by atoms with E-state index < -0.39 is 15.3 Å². The summed E-state index contributed by atoms with van der Waals surface area (Å²) in [4.78, 5) is 13.4. The van der Waals surface area contributed by atoms with Crippen LogP contribution in [0.25, 0.3) is 0 Å². The molecule has 0 bridgehead atoms. The van der Waals surface area contributed by atoms with E-state index in [9.17, 15) is 13.2 Å².